The van der Waals surface area contributed by atoms with Gasteiger partial charge in [0.05, 0.1) is 9.82 Å². The lowest BCUT2D eigenvalue weighted by atomic mass is 9.78. The zero-order valence-electron chi connectivity index (χ0n) is 12.7. The first-order valence-corrected chi connectivity index (χ1v) is 8.82. The molecule has 1 aliphatic carbocycles. The summed E-state index contributed by atoms with van der Waals surface area (Å²) in [4.78, 5) is 10.4. The molecular weight excluding hydrogens is 306 g/mol. The van der Waals surface area contributed by atoms with Gasteiger partial charge in [-0.2, -0.15) is 0 Å². The van der Waals surface area contributed by atoms with Gasteiger partial charge in [-0.1, -0.05) is 26.7 Å². The summed E-state index contributed by atoms with van der Waals surface area (Å²) in [7, 11) is -3.96. The number of nitrogens with one attached hydrogen (secondary N) is 1. The first-order chi connectivity index (χ1) is 10.2. The van der Waals surface area contributed by atoms with Crippen LogP contribution >= 0.6 is 0 Å². The molecule has 122 valence electrons. The molecule has 2 rings (SSSR count). The van der Waals surface area contributed by atoms with Crippen LogP contribution in [0.15, 0.2) is 23.1 Å². The Kier molecular flexibility index (Phi) is 4.72. The molecule has 22 heavy (non-hydrogen) atoms. The van der Waals surface area contributed by atoms with Crippen LogP contribution in [0.5, 0.6) is 0 Å². The van der Waals surface area contributed by atoms with Crippen LogP contribution in [0.4, 0.5) is 11.4 Å². The highest BCUT2D eigenvalue weighted by Gasteiger charge is 2.29. The van der Waals surface area contributed by atoms with E-state index in [1.165, 1.54) is 12.1 Å². The van der Waals surface area contributed by atoms with Crippen LogP contribution in [-0.4, -0.2) is 19.4 Å². The Morgan fingerprint density at radius 2 is 2.00 bits per heavy atom. The maximum atomic E-state index is 11.3. The van der Waals surface area contributed by atoms with Crippen molar-refractivity contribution in [2.45, 2.75) is 44.0 Å². The van der Waals surface area contributed by atoms with Gasteiger partial charge in [-0.25, -0.2) is 13.6 Å². The lowest BCUT2D eigenvalue weighted by Crippen LogP contribution is -2.35. The summed E-state index contributed by atoms with van der Waals surface area (Å²) in [5.74, 6) is 0.945. The van der Waals surface area contributed by atoms with E-state index < -0.39 is 14.9 Å². The fourth-order valence-corrected chi connectivity index (χ4v) is 3.48. The van der Waals surface area contributed by atoms with Gasteiger partial charge in [-0.3, -0.25) is 10.1 Å². The summed E-state index contributed by atoms with van der Waals surface area (Å²) in [5, 5.41) is 19.5. The van der Waals surface area contributed by atoms with E-state index >= 15 is 0 Å². The molecule has 3 atom stereocenters. The number of nitro benzene ring substituents is 1. The molecule has 3 N–H and O–H groups in total. The minimum Gasteiger partial charge on any atom is -0.376 e. The van der Waals surface area contributed by atoms with E-state index in [0.717, 1.165) is 25.3 Å². The lowest BCUT2D eigenvalue weighted by Gasteiger charge is -2.35. The number of sulfonamides is 1. The van der Waals surface area contributed by atoms with Crippen LogP contribution < -0.4 is 10.5 Å². The second kappa shape index (κ2) is 6.21. The van der Waals surface area contributed by atoms with Crippen molar-refractivity contribution < 1.29 is 13.3 Å². The van der Waals surface area contributed by atoms with Crippen LogP contribution in [0.2, 0.25) is 0 Å². The van der Waals surface area contributed by atoms with Crippen molar-refractivity contribution in [3.05, 3.63) is 28.3 Å². The largest absolute Gasteiger partial charge is 0.376 e. The van der Waals surface area contributed by atoms with Crippen LogP contribution in [0.1, 0.15) is 33.1 Å². The molecule has 0 saturated heterocycles. The highest BCUT2D eigenvalue weighted by molar-refractivity contribution is 7.89. The number of primary sulfonamides is 1. The zero-order chi connectivity index (χ0) is 16.5. The average molecular weight is 327 g/mol. The van der Waals surface area contributed by atoms with E-state index in [2.05, 4.69) is 19.2 Å². The summed E-state index contributed by atoms with van der Waals surface area (Å²) < 4.78 is 22.7. The molecule has 8 heteroatoms. The van der Waals surface area contributed by atoms with E-state index in [1.54, 1.807) is 0 Å². The summed E-state index contributed by atoms with van der Waals surface area (Å²) in [6.07, 6.45) is 3.18. The Labute approximate surface area is 130 Å². The molecule has 7 nitrogen and oxygen atoms in total. The van der Waals surface area contributed by atoms with Gasteiger partial charge in [0.1, 0.15) is 5.69 Å². The molecule has 1 aromatic rings. The number of benzene rings is 1. The van der Waals surface area contributed by atoms with Gasteiger partial charge in [0, 0.05) is 12.1 Å². The van der Waals surface area contributed by atoms with Crippen molar-refractivity contribution in [2.75, 3.05) is 5.32 Å². The number of nitro groups is 1. The van der Waals surface area contributed by atoms with Gasteiger partial charge in [0.2, 0.25) is 10.0 Å². The van der Waals surface area contributed by atoms with E-state index in [1.807, 2.05) is 0 Å². The molecule has 0 bridgehead atoms. The van der Waals surface area contributed by atoms with Crippen LogP contribution in [0.25, 0.3) is 0 Å². The normalized spacial score (nSPS) is 25.7. The molecule has 1 aliphatic rings. The number of nitrogens with zero attached hydrogens (tertiary/aromatic N) is 1. The Hall–Kier alpha value is -1.67. The minimum atomic E-state index is -3.96. The Balaban J connectivity index is 2.33. The van der Waals surface area contributed by atoms with Crippen molar-refractivity contribution in [3.63, 3.8) is 0 Å². The van der Waals surface area contributed by atoms with Crippen molar-refractivity contribution in [1.82, 2.24) is 0 Å². The Morgan fingerprint density at radius 1 is 1.32 bits per heavy atom. The fraction of sp³-hybridized carbons (Fsp3) is 0.571. The first kappa shape index (κ1) is 16.7. The third-order valence-electron chi connectivity index (χ3n) is 4.54. The number of nitrogens with two attached hydrogens (primary N) is 1. The first-order valence-electron chi connectivity index (χ1n) is 7.28. The third-order valence-corrected chi connectivity index (χ3v) is 5.45. The molecule has 0 aromatic heterocycles. The molecule has 1 saturated carbocycles. The van der Waals surface area contributed by atoms with Crippen molar-refractivity contribution >= 4 is 21.4 Å². The number of rotatable bonds is 4. The molecule has 1 fully saturated rings. The second-order valence-electron chi connectivity index (χ2n) is 6.00. The molecule has 0 radical (unpaired) electrons. The van der Waals surface area contributed by atoms with Crippen molar-refractivity contribution in [3.8, 4) is 0 Å². The molecule has 0 unspecified atom stereocenters. The van der Waals surface area contributed by atoms with Crippen molar-refractivity contribution in [2.24, 2.45) is 17.0 Å². The fourth-order valence-electron chi connectivity index (χ4n) is 2.95. The van der Waals surface area contributed by atoms with Crippen LogP contribution in [0, 0.1) is 22.0 Å². The quantitative estimate of drug-likeness (QED) is 0.651. The van der Waals surface area contributed by atoms with Crippen molar-refractivity contribution in [1.29, 1.82) is 0 Å². The molecular formula is C14H21N3O4S. The maximum absolute atomic E-state index is 11.3. The predicted molar refractivity (Wildman–Crippen MR) is 84.1 cm³/mol. The summed E-state index contributed by atoms with van der Waals surface area (Å²) in [6, 6.07) is 3.86. The van der Waals surface area contributed by atoms with Gasteiger partial charge in [-0.05, 0) is 30.4 Å². The van der Waals surface area contributed by atoms with E-state index in [-0.39, 0.29) is 16.6 Å². The third kappa shape index (κ3) is 3.56. The van der Waals surface area contributed by atoms with E-state index in [4.69, 9.17) is 5.14 Å². The van der Waals surface area contributed by atoms with Gasteiger partial charge in [0.15, 0.2) is 0 Å². The van der Waals surface area contributed by atoms with E-state index in [0.29, 0.717) is 17.5 Å². The number of hydrogen-bond donors (Lipinski definition) is 2. The predicted octanol–water partition coefficient (Wildman–Crippen LogP) is 2.48. The zero-order valence-corrected chi connectivity index (χ0v) is 13.5. The smallest absolute Gasteiger partial charge is 0.293 e. The highest BCUT2D eigenvalue weighted by Crippen LogP contribution is 2.34. The molecule has 0 spiro atoms. The van der Waals surface area contributed by atoms with Crippen LogP contribution in [-0.2, 0) is 10.0 Å². The topological polar surface area (TPSA) is 115 Å². The lowest BCUT2D eigenvalue weighted by molar-refractivity contribution is -0.384. The van der Waals surface area contributed by atoms with Crippen LogP contribution in [0.3, 0.4) is 0 Å². The second-order valence-corrected chi connectivity index (χ2v) is 7.56. The summed E-state index contributed by atoms with van der Waals surface area (Å²) >= 11 is 0. The summed E-state index contributed by atoms with van der Waals surface area (Å²) in [5.41, 5.74) is 0.0697. The Bertz CT molecular complexity index is 675. The van der Waals surface area contributed by atoms with Gasteiger partial charge < -0.3 is 5.32 Å². The number of hydrogen-bond acceptors (Lipinski definition) is 5. The highest BCUT2D eigenvalue weighted by atomic mass is 32.2. The molecule has 0 aliphatic heterocycles. The van der Waals surface area contributed by atoms with Gasteiger partial charge in [0.25, 0.3) is 5.69 Å². The molecule has 1 aromatic carbocycles. The number of anilines is 1. The molecule has 0 heterocycles. The standard InChI is InChI=1S/C14H21N3O4S/c1-9-4-3-5-12(10(9)2)16-13-7-6-11(22(15,20)21)8-14(13)17(18)19/h6-10,12,16H,3-5H2,1-2H3,(H2,15,20,21)/t9-,10-,12-/m1/s1. The summed E-state index contributed by atoms with van der Waals surface area (Å²) in [6.45, 7) is 4.31. The SMILES string of the molecule is C[C@@H]1[C@H](C)CCC[C@H]1Nc1ccc(S(N)(=O)=O)cc1[N+](=O)[O-]. The monoisotopic (exact) mass is 327 g/mol. The maximum Gasteiger partial charge on any atom is 0.293 e. The average Bonchev–Trinajstić information content (AvgIpc) is 2.43. The molecule has 0 amide bonds. The minimum absolute atomic E-state index is 0.141. The van der Waals surface area contributed by atoms with Gasteiger partial charge >= 0.3 is 0 Å². The van der Waals surface area contributed by atoms with Gasteiger partial charge in [-0.15, -0.1) is 0 Å². The Morgan fingerprint density at radius 3 is 2.59 bits per heavy atom. The van der Waals surface area contributed by atoms with E-state index in [9.17, 15) is 18.5 Å².